The Morgan fingerprint density at radius 2 is 0.647 bits per heavy atom. The number of unbranched alkanes of at least 4 members (excludes halogenated alkanes) is 47. The van der Waals surface area contributed by atoms with Crippen molar-refractivity contribution in [3.63, 3.8) is 0 Å². The van der Waals surface area contributed by atoms with Gasteiger partial charge in [-0.2, -0.15) is 0 Å². The first-order valence-corrected chi connectivity index (χ1v) is 38.3. The number of hydrogen-bond acceptors (Lipinski definition) is 8. The summed E-state index contributed by atoms with van der Waals surface area (Å²) in [4.78, 5) is 35.4. The average molecular weight is 1210 g/mol. The van der Waals surface area contributed by atoms with Crippen molar-refractivity contribution in [1.29, 1.82) is 0 Å². The Labute approximate surface area is 527 Å². The Balaban J connectivity index is 3.79. The van der Waals surface area contributed by atoms with Gasteiger partial charge < -0.3 is 20.1 Å². The monoisotopic (exact) mass is 1210 g/mol. The molecule has 498 valence electrons. The summed E-state index contributed by atoms with van der Waals surface area (Å²) in [7, 11) is -4.39. The number of carbonyl (C=O) groups is 2. The molecule has 3 N–H and O–H groups in total. The van der Waals surface area contributed by atoms with Crippen LogP contribution in [-0.4, -0.2) is 49.3 Å². The number of allylic oxidation sites excluding steroid dienone is 10. The van der Waals surface area contributed by atoms with Gasteiger partial charge in [-0.15, -0.1) is 0 Å². The molecule has 9 nitrogen and oxygen atoms in total. The summed E-state index contributed by atoms with van der Waals surface area (Å²) in [5.41, 5.74) is 5.41. The van der Waals surface area contributed by atoms with Crippen LogP contribution in [-0.2, 0) is 32.7 Å². The first-order valence-electron chi connectivity index (χ1n) is 36.8. The minimum atomic E-state index is -4.39. The summed E-state index contributed by atoms with van der Waals surface area (Å²) < 4.78 is 33.2. The first-order chi connectivity index (χ1) is 41.8. The third-order valence-electron chi connectivity index (χ3n) is 16.4. The molecule has 0 rings (SSSR count). The van der Waals surface area contributed by atoms with Gasteiger partial charge in [0.15, 0.2) is 6.10 Å². The van der Waals surface area contributed by atoms with E-state index in [-0.39, 0.29) is 38.6 Å². The van der Waals surface area contributed by atoms with E-state index in [4.69, 9.17) is 24.3 Å². The molecule has 0 aliphatic rings. The number of phosphoric acid groups is 1. The molecule has 0 amide bonds. The highest BCUT2D eigenvalue weighted by Crippen LogP contribution is 2.43. The van der Waals surface area contributed by atoms with Gasteiger partial charge in [0.05, 0.1) is 13.2 Å². The Bertz CT molecular complexity index is 1580. The van der Waals surface area contributed by atoms with Crippen LogP contribution in [0, 0.1) is 0 Å². The van der Waals surface area contributed by atoms with Crippen molar-refractivity contribution in [1.82, 2.24) is 0 Å². The lowest BCUT2D eigenvalue weighted by molar-refractivity contribution is -0.161. The largest absolute Gasteiger partial charge is 0.472 e. The van der Waals surface area contributed by atoms with Crippen molar-refractivity contribution in [2.75, 3.05) is 26.4 Å². The predicted molar refractivity (Wildman–Crippen MR) is 367 cm³/mol. The second kappa shape index (κ2) is 70.8. The number of hydrogen-bond donors (Lipinski definition) is 2. The van der Waals surface area contributed by atoms with Crippen LogP contribution in [0.3, 0.4) is 0 Å². The molecule has 85 heavy (non-hydrogen) atoms. The summed E-state index contributed by atoms with van der Waals surface area (Å²) in [6.45, 7) is 3.70. The second-order valence-electron chi connectivity index (χ2n) is 24.8. The number of phosphoric ester groups is 1. The lowest BCUT2D eigenvalue weighted by atomic mass is 10.0. The summed E-state index contributed by atoms with van der Waals surface area (Å²) >= 11 is 0. The van der Waals surface area contributed by atoms with Gasteiger partial charge in [-0.05, 0) is 77.0 Å². The quantitative estimate of drug-likeness (QED) is 0.0264. The maximum atomic E-state index is 12.8. The fraction of sp³-hybridized carbons (Fsp3) is 0.840. The van der Waals surface area contributed by atoms with E-state index in [0.717, 1.165) is 57.8 Å². The zero-order valence-electron chi connectivity index (χ0n) is 56.1. The highest BCUT2D eigenvalue weighted by atomic mass is 31.2. The first kappa shape index (κ1) is 82.7. The van der Waals surface area contributed by atoms with E-state index in [0.29, 0.717) is 6.42 Å². The second-order valence-corrected chi connectivity index (χ2v) is 26.2. The van der Waals surface area contributed by atoms with Gasteiger partial charge in [-0.3, -0.25) is 18.6 Å². The van der Waals surface area contributed by atoms with E-state index in [1.54, 1.807) is 0 Å². The number of nitrogens with two attached hydrogens (primary N) is 1. The molecule has 0 aromatic heterocycles. The van der Waals surface area contributed by atoms with Crippen molar-refractivity contribution in [3.8, 4) is 0 Å². The lowest BCUT2D eigenvalue weighted by Gasteiger charge is -2.19. The Morgan fingerprint density at radius 1 is 0.365 bits per heavy atom. The average Bonchev–Trinajstić information content (AvgIpc) is 3.52. The van der Waals surface area contributed by atoms with Gasteiger partial charge in [0.25, 0.3) is 0 Å². The van der Waals surface area contributed by atoms with Gasteiger partial charge in [0.2, 0.25) is 0 Å². The molecule has 0 spiro atoms. The van der Waals surface area contributed by atoms with E-state index in [2.05, 4.69) is 74.6 Å². The Morgan fingerprint density at radius 3 is 0.976 bits per heavy atom. The Hall–Kier alpha value is -2.29. The third-order valence-corrected chi connectivity index (χ3v) is 17.4. The van der Waals surface area contributed by atoms with Crippen molar-refractivity contribution in [3.05, 3.63) is 60.8 Å². The number of carbonyl (C=O) groups excluding carboxylic acids is 2. The molecular formula is C75H140NO8P. The molecule has 0 heterocycles. The van der Waals surface area contributed by atoms with Crippen LogP contribution in [0.1, 0.15) is 373 Å². The van der Waals surface area contributed by atoms with Crippen molar-refractivity contribution in [2.24, 2.45) is 5.73 Å². The van der Waals surface area contributed by atoms with Crippen LogP contribution >= 0.6 is 7.82 Å². The van der Waals surface area contributed by atoms with Crippen LogP contribution in [0.5, 0.6) is 0 Å². The summed E-state index contributed by atoms with van der Waals surface area (Å²) in [6.07, 6.45) is 91.9. The molecular weight excluding hydrogens is 1070 g/mol. The molecule has 0 aliphatic heterocycles. The molecule has 0 aromatic carbocycles. The molecule has 0 radical (unpaired) electrons. The van der Waals surface area contributed by atoms with E-state index in [1.807, 2.05) is 0 Å². The van der Waals surface area contributed by atoms with Crippen molar-refractivity contribution in [2.45, 2.75) is 380 Å². The molecule has 0 aliphatic carbocycles. The van der Waals surface area contributed by atoms with Crippen LogP contribution in [0.25, 0.3) is 0 Å². The SMILES string of the molecule is CC/C=C\C/C=C\C/C=C\C/C=C\CCCCCCCCCCCCCCCCCCCCCCCCCCC(=O)OC(COC(=O)CCCCCCCCCCCCCCCCC/C=C\CCCCCCCCCC)COP(=O)(O)OCCN. The zero-order valence-corrected chi connectivity index (χ0v) is 57.0. The van der Waals surface area contributed by atoms with Crippen molar-refractivity contribution < 1.29 is 37.6 Å². The van der Waals surface area contributed by atoms with Gasteiger partial charge in [-0.1, -0.05) is 344 Å². The Kier molecular flexibility index (Phi) is 68.9. The summed E-state index contributed by atoms with van der Waals surface area (Å²) in [5.74, 6) is -0.806. The lowest BCUT2D eigenvalue weighted by Crippen LogP contribution is -2.29. The molecule has 0 saturated carbocycles. The van der Waals surface area contributed by atoms with Crippen LogP contribution in [0.2, 0.25) is 0 Å². The number of esters is 2. The third kappa shape index (κ3) is 70.7. The molecule has 2 atom stereocenters. The smallest absolute Gasteiger partial charge is 0.462 e. The number of rotatable bonds is 70. The van der Waals surface area contributed by atoms with Crippen LogP contribution in [0.4, 0.5) is 0 Å². The highest BCUT2D eigenvalue weighted by Gasteiger charge is 2.26. The topological polar surface area (TPSA) is 134 Å². The fourth-order valence-electron chi connectivity index (χ4n) is 11.0. The van der Waals surface area contributed by atoms with Gasteiger partial charge >= 0.3 is 19.8 Å². The van der Waals surface area contributed by atoms with Crippen LogP contribution in [0.15, 0.2) is 60.8 Å². The summed E-state index contributed by atoms with van der Waals surface area (Å²) in [6, 6.07) is 0. The molecule has 0 saturated heterocycles. The molecule has 2 unspecified atom stereocenters. The van der Waals surface area contributed by atoms with E-state index >= 15 is 0 Å². The molecule has 0 fully saturated rings. The maximum absolute atomic E-state index is 12.8. The number of ether oxygens (including phenoxy) is 2. The molecule has 0 aromatic rings. The minimum absolute atomic E-state index is 0.0553. The van der Waals surface area contributed by atoms with E-state index < -0.39 is 26.5 Å². The normalized spacial score (nSPS) is 13.2. The van der Waals surface area contributed by atoms with Crippen molar-refractivity contribution >= 4 is 19.8 Å². The van der Waals surface area contributed by atoms with Gasteiger partial charge in [0.1, 0.15) is 6.61 Å². The minimum Gasteiger partial charge on any atom is -0.462 e. The van der Waals surface area contributed by atoms with E-state index in [1.165, 1.54) is 283 Å². The van der Waals surface area contributed by atoms with E-state index in [9.17, 15) is 19.0 Å². The highest BCUT2D eigenvalue weighted by molar-refractivity contribution is 7.47. The van der Waals surface area contributed by atoms with Gasteiger partial charge in [-0.25, -0.2) is 4.57 Å². The fourth-order valence-corrected chi connectivity index (χ4v) is 11.7. The predicted octanol–water partition coefficient (Wildman–Crippen LogP) is 24.2. The molecule has 10 heteroatoms. The van der Waals surface area contributed by atoms with Gasteiger partial charge in [0, 0.05) is 19.4 Å². The molecule has 0 bridgehead atoms. The standard InChI is InChI=1S/C75H140NO8P/c1-3-5-7-9-11-13-15-17-19-21-23-25-27-29-31-32-33-34-35-36-37-38-39-40-42-44-46-48-50-52-54-56-58-60-62-64-66-68-75(78)84-73(72-83-85(79,80)82-70-69-76)71-81-74(77)67-65-63-61-59-57-55-53-51-49-47-45-43-41-30-28-26-24-22-20-18-16-14-12-10-8-6-4-2/h5,7,11,13,17,19,22-25,73H,3-4,6,8-10,12,14-16,18,20-21,26-72,76H2,1-2H3,(H,79,80)/b7-5-,13-11-,19-17-,24-22-,25-23-. The zero-order chi connectivity index (χ0) is 61.6. The summed E-state index contributed by atoms with van der Waals surface area (Å²) in [5, 5.41) is 0. The maximum Gasteiger partial charge on any atom is 0.472 e. The van der Waals surface area contributed by atoms with Crippen LogP contribution < -0.4 is 5.73 Å².